The van der Waals surface area contributed by atoms with Gasteiger partial charge >= 0.3 is 0 Å². The highest BCUT2D eigenvalue weighted by Gasteiger charge is 2.49. The Kier molecular flexibility index (Phi) is 5.13. The Labute approximate surface area is 186 Å². The smallest absolute Gasteiger partial charge is 0.253 e. The van der Waals surface area contributed by atoms with Crippen molar-refractivity contribution in [1.82, 2.24) is 20.1 Å². The van der Waals surface area contributed by atoms with E-state index in [9.17, 15) is 9.59 Å². The van der Waals surface area contributed by atoms with Crippen molar-refractivity contribution >= 4 is 17.5 Å². The van der Waals surface area contributed by atoms with Crippen LogP contribution in [0.15, 0.2) is 55.1 Å². The molecule has 2 saturated heterocycles. The summed E-state index contributed by atoms with van der Waals surface area (Å²) in [5.41, 5.74) is 2.94. The minimum atomic E-state index is -0.397. The summed E-state index contributed by atoms with van der Waals surface area (Å²) in [7, 11) is 1.63. The zero-order valence-electron chi connectivity index (χ0n) is 18.0. The quantitative estimate of drug-likeness (QED) is 0.685. The summed E-state index contributed by atoms with van der Waals surface area (Å²) in [5.74, 6) is 0.853. The summed E-state index contributed by atoms with van der Waals surface area (Å²) >= 11 is 0. The van der Waals surface area contributed by atoms with Gasteiger partial charge in [0.05, 0.1) is 18.7 Å². The van der Waals surface area contributed by atoms with Gasteiger partial charge in [0.1, 0.15) is 5.75 Å². The molecule has 0 unspecified atom stereocenters. The van der Waals surface area contributed by atoms with Crippen molar-refractivity contribution in [1.29, 1.82) is 0 Å². The molecule has 5 rings (SSSR count). The van der Waals surface area contributed by atoms with Gasteiger partial charge in [-0.1, -0.05) is 0 Å². The van der Waals surface area contributed by atoms with Crippen molar-refractivity contribution in [2.24, 2.45) is 5.41 Å². The summed E-state index contributed by atoms with van der Waals surface area (Å²) in [5, 5.41) is 6.82. The number of likely N-dealkylation sites (tertiary alicyclic amines) is 1. The Balaban J connectivity index is 1.31. The number of aromatic nitrogens is 3. The summed E-state index contributed by atoms with van der Waals surface area (Å²) < 4.78 is 5.60. The number of H-pyrrole nitrogens is 1. The van der Waals surface area contributed by atoms with Gasteiger partial charge in [-0.2, -0.15) is 5.10 Å². The number of carbonyl (C=O) groups is 2. The molecular weight excluding hydrogens is 406 g/mol. The Bertz CT molecular complexity index is 1120. The Morgan fingerprint density at radius 2 is 1.84 bits per heavy atom. The highest BCUT2D eigenvalue weighted by Crippen LogP contribution is 2.44. The number of ether oxygens (including phenoxy) is 1. The number of pyridine rings is 1. The van der Waals surface area contributed by atoms with Crippen molar-refractivity contribution in [3.63, 3.8) is 0 Å². The first-order valence-electron chi connectivity index (χ1n) is 10.8. The van der Waals surface area contributed by atoms with E-state index in [-0.39, 0.29) is 11.8 Å². The van der Waals surface area contributed by atoms with E-state index in [4.69, 9.17) is 4.74 Å². The summed E-state index contributed by atoms with van der Waals surface area (Å²) in [6.45, 7) is 1.85. The van der Waals surface area contributed by atoms with Crippen LogP contribution in [0.4, 0.5) is 5.69 Å². The second kappa shape index (κ2) is 8.11. The number of rotatable bonds is 4. The third-order valence-corrected chi connectivity index (χ3v) is 6.75. The van der Waals surface area contributed by atoms with E-state index in [1.165, 1.54) is 0 Å². The van der Waals surface area contributed by atoms with Gasteiger partial charge < -0.3 is 14.5 Å². The summed E-state index contributed by atoms with van der Waals surface area (Å²) in [6.07, 6.45) is 8.98. The number of piperidine rings is 1. The van der Waals surface area contributed by atoms with Crippen molar-refractivity contribution in [2.75, 3.05) is 31.6 Å². The Hall–Kier alpha value is -3.68. The molecule has 2 amide bonds. The molecule has 2 aliphatic rings. The van der Waals surface area contributed by atoms with Crippen LogP contribution in [0.25, 0.3) is 11.1 Å². The molecule has 1 spiro atoms. The predicted molar refractivity (Wildman–Crippen MR) is 119 cm³/mol. The van der Waals surface area contributed by atoms with Crippen molar-refractivity contribution < 1.29 is 14.3 Å². The average Bonchev–Trinajstić information content (AvgIpc) is 3.49. The zero-order chi connectivity index (χ0) is 22.1. The molecule has 0 aliphatic carbocycles. The van der Waals surface area contributed by atoms with Gasteiger partial charge in [0.25, 0.3) is 5.91 Å². The molecule has 0 saturated carbocycles. The third-order valence-electron chi connectivity index (χ3n) is 6.75. The second-order valence-corrected chi connectivity index (χ2v) is 8.39. The topological polar surface area (TPSA) is 91.4 Å². The van der Waals surface area contributed by atoms with Gasteiger partial charge in [-0.3, -0.25) is 19.7 Å². The van der Waals surface area contributed by atoms with Crippen molar-refractivity contribution in [2.45, 2.75) is 19.3 Å². The normalized spacial score (nSPS) is 17.7. The minimum Gasteiger partial charge on any atom is -0.496 e. The lowest BCUT2D eigenvalue weighted by Crippen LogP contribution is -2.46. The van der Waals surface area contributed by atoms with E-state index in [1.807, 2.05) is 34.2 Å². The Morgan fingerprint density at radius 3 is 2.53 bits per heavy atom. The van der Waals surface area contributed by atoms with Crippen LogP contribution in [-0.4, -0.2) is 58.6 Å². The molecule has 3 aromatic rings. The zero-order valence-corrected chi connectivity index (χ0v) is 18.0. The average molecular weight is 431 g/mol. The van der Waals surface area contributed by atoms with E-state index in [1.54, 1.807) is 37.8 Å². The monoisotopic (exact) mass is 431 g/mol. The second-order valence-electron chi connectivity index (χ2n) is 8.39. The SMILES string of the molecule is COc1cc(N2CCC3(CCN(C(=O)c4ccncc4)CC3)C2=O)ccc1-c1cn[nH]c1. The van der Waals surface area contributed by atoms with Crippen LogP contribution < -0.4 is 9.64 Å². The first-order chi connectivity index (χ1) is 15.6. The number of benzene rings is 1. The molecule has 1 N–H and O–H groups in total. The summed E-state index contributed by atoms with van der Waals surface area (Å²) in [6, 6.07) is 9.31. The molecule has 0 bridgehead atoms. The molecule has 2 aliphatic heterocycles. The molecule has 0 radical (unpaired) electrons. The van der Waals surface area contributed by atoms with Gasteiger partial charge in [0.2, 0.25) is 5.91 Å². The largest absolute Gasteiger partial charge is 0.496 e. The molecule has 2 aromatic heterocycles. The number of carbonyl (C=O) groups excluding carboxylic acids is 2. The van der Waals surface area contributed by atoms with Crippen LogP contribution in [0.5, 0.6) is 5.75 Å². The molecule has 2 fully saturated rings. The fourth-order valence-corrected chi connectivity index (χ4v) is 4.83. The number of nitrogens with one attached hydrogen (secondary N) is 1. The fourth-order valence-electron chi connectivity index (χ4n) is 4.83. The predicted octanol–water partition coefficient (Wildman–Crippen LogP) is 3.14. The maximum Gasteiger partial charge on any atom is 0.253 e. The van der Waals surface area contributed by atoms with E-state index >= 15 is 0 Å². The molecule has 0 atom stereocenters. The van der Waals surface area contributed by atoms with Gasteiger partial charge in [-0.25, -0.2) is 0 Å². The fraction of sp³-hybridized carbons (Fsp3) is 0.333. The number of amides is 2. The first kappa shape index (κ1) is 20.2. The van der Waals surface area contributed by atoms with E-state index in [2.05, 4.69) is 15.2 Å². The van der Waals surface area contributed by atoms with Gasteiger partial charge in [-0.05, 0) is 43.5 Å². The molecular formula is C24H25N5O3. The molecule has 8 heteroatoms. The molecule has 4 heterocycles. The number of hydrogen-bond acceptors (Lipinski definition) is 5. The van der Waals surface area contributed by atoms with Crippen LogP contribution in [0, 0.1) is 5.41 Å². The van der Waals surface area contributed by atoms with Gasteiger partial charge in [0, 0.05) is 66.7 Å². The lowest BCUT2D eigenvalue weighted by Gasteiger charge is -2.38. The van der Waals surface area contributed by atoms with Crippen LogP contribution >= 0.6 is 0 Å². The van der Waals surface area contributed by atoms with E-state index < -0.39 is 5.41 Å². The van der Waals surface area contributed by atoms with Crippen LogP contribution in [-0.2, 0) is 4.79 Å². The maximum atomic E-state index is 13.5. The van der Waals surface area contributed by atoms with Crippen LogP contribution in [0.2, 0.25) is 0 Å². The number of aromatic amines is 1. The number of methoxy groups -OCH3 is 1. The lowest BCUT2D eigenvalue weighted by atomic mass is 9.77. The molecule has 8 nitrogen and oxygen atoms in total. The number of hydrogen-bond donors (Lipinski definition) is 1. The summed E-state index contributed by atoms with van der Waals surface area (Å²) in [4.78, 5) is 33.9. The Morgan fingerprint density at radius 1 is 1.09 bits per heavy atom. The number of nitrogens with zero attached hydrogens (tertiary/aromatic N) is 4. The molecule has 1 aromatic carbocycles. The van der Waals surface area contributed by atoms with E-state index in [0.717, 1.165) is 23.2 Å². The minimum absolute atomic E-state index is 0.00382. The van der Waals surface area contributed by atoms with Gasteiger partial charge in [-0.15, -0.1) is 0 Å². The molecule has 32 heavy (non-hydrogen) atoms. The standard InChI is InChI=1S/C24H25N5O3/c1-32-21-14-19(2-3-20(21)18-15-26-27-16-18)29-13-8-24(23(29)31)6-11-28(12-7-24)22(30)17-4-9-25-10-5-17/h2-5,9-10,14-16H,6-8,11-13H2,1H3,(H,26,27). The van der Waals surface area contributed by atoms with Crippen LogP contribution in [0.3, 0.4) is 0 Å². The maximum absolute atomic E-state index is 13.5. The first-order valence-corrected chi connectivity index (χ1v) is 10.8. The number of anilines is 1. The molecule has 164 valence electrons. The third kappa shape index (κ3) is 3.41. The van der Waals surface area contributed by atoms with Gasteiger partial charge in [0.15, 0.2) is 0 Å². The highest BCUT2D eigenvalue weighted by atomic mass is 16.5. The van der Waals surface area contributed by atoms with Crippen LogP contribution in [0.1, 0.15) is 29.6 Å². The van der Waals surface area contributed by atoms with E-state index in [0.29, 0.717) is 43.8 Å². The van der Waals surface area contributed by atoms with Crippen molar-refractivity contribution in [3.05, 3.63) is 60.7 Å². The lowest BCUT2D eigenvalue weighted by molar-refractivity contribution is -0.127. The van der Waals surface area contributed by atoms with Crippen molar-refractivity contribution in [3.8, 4) is 16.9 Å². The highest BCUT2D eigenvalue weighted by molar-refractivity contribution is 6.01.